The quantitative estimate of drug-likeness (QED) is 0.564. The largest absolute Gasteiger partial charge is 0.494 e. The van der Waals surface area contributed by atoms with Crippen LogP contribution in [0.4, 0.5) is 5.69 Å². The molecule has 9 heteroatoms. The Balaban J connectivity index is 1.86. The zero-order valence-electron chi connectivity index (χ0n) is 17.3. The summed E-state index contributed by atoms with van der Waals surface area (Å²) in [4.78, 5) is 21.7. The van der Waals surface area contributed by atoms with Gasteiger partial charge in [0.25, 0.3) is 5.78 Å². The van der Waals surface area contributed by atoms with Crippen LogP contribution in [0.3, 0.4) is 0 Å². The SMILES string of the molecule is CCOc1ccc(OCC)c(NC(=O)Cc2c(C)nc3nc(SC)nn3c2C)c1. The molecule has 0 saturated carbocycles. The van der Waals surface area contributed by atoms with E-state index < -0.39 is 0 Å². The van der Waals surface area contributed by atoms with Crippen molar-refractivity contribution in [3.8, 4) is 11.5 Å². The lowest BCUT2D eigenvalue weighted by atomic mass is 10.1. The van der Waals surface area contributed by atoms with Crippen LogP contribution in [0.5, 0.6) is 11.5 Å². The summed E-state index contributed by atoms with van der Waals surface area (Å²) in [6, 6.07) is 5.40. The van der Waals surface area contributed by atoms with Gasteiger partial charge in [-0.2, -0.15) is 4.98 Å². The highest BCUT2D eigenvalue weighted by atomic mass is 32.2. The predicted octanol–water partition coefficient (Wildman–Crippen LogP) is 3.44. The van der Waals surface area contributed by atoms with Crippen LogP contribution in [0.15, 0.2) is 23.4 Å². The second-order valence-corrected chi connectivity index (χ2v) is 7.09. The third-order valence-corrected chi connectivity index (χ3v) is 4.92. The zero-order chi connectivity index (χ0) is 21.0. The number of hydrogen-bond donors (Lipinski definition) is 1. The average molecular weight is 416 g/mol. The summed E-state index contributed by atoms with van der Waals surface area (Å²) in [5.41, 5.74) is 3.02. The van der Waals surface area contributed by atoms with Gasteiger partial charge in [0, 0.05) is 23.0 Å². The van der Waals surface area contributed by atoms with Crippen molar-refractivity contribution in [3.05, 3.63) is 35.2 Å². The van der Waals surface area contributed by atoms with Gasteiger partial charge < -0.3 is 14.8 Å². The molecule has 29 heavy (non-hydrogen) atoms. The van der Waals surface area contributed by atoms with Crippen molar-refractivity contribution in [3.63, 3.8) is 0 Å². The molecule has 3 aromatic rings. The Labute approximate surface area is 174 Å². The number of nitrogens with one attached hydrogen (secondary N) is 1. The molecule has 2 aromatic heterocycles. The molecule has 0 aliphatic carbocycles. The molecule has 0 unspecified atom stereocenters. The Kier molecular flexibility index (Phi) is 6.58. The molecule has 0 saturated heterocycles. The van der Waals surface area contributed by atoms with E-state index in [4.69, 9.17) is 9.47 Å². The number of rotatable bonds is 8. The van der Waals surface area contributed by atoms with Crippen molar-refractivity contribution in [1.82, 2.24) is 19.6 Å². The molecular formula is C20H25N5O3S. The van der Waals surface area contributed by atoms with Crippen LogP contribution in [0.1, 0.15) is 30.8 Å². The summed E-state index contributed by atoms with van der Waals surface area (Å²) in [6.07, 6.45) is 2.08. The molecule has 0 radical (unpaired) electrons. The van der Waals surface area contributed by atoms with E-state index in [1.807, 2.05) is 40.0 Å². The van der Waals surface area contributed by atoms with E-state index in [1.54, 1.807) is 16.6 Å². The number of ether oxygens (including phenoxy) is 2. The molecule has 1 amide bonds. The number of carbonyl (C=O) groups is 1. The molecule has 154 valence electrons. The van der Waals surface area contributed by atoms with Gasteiger partial charge >= 0.3 is 0 Å². The number of benzene rings is 1. The lowest BCUT2D eigenvalue weighted by molar-refractivity contribution is -0.115. The third-order valence-electron chi connectivity index (χ3n) is 4.39. The zero-order valence-corrected chi connectivity index (χ0v) is 18.1. The van der Waals surface area contributed by atoms with Crippen molar-refractivity contribution < 1.29 is 14.3 Å². The molecule has 0 fully saturated rings. The van der Waals surface area contributed by atoms with Crippen molar-refractivity contribution in [2.75, 3.05) is 24.8 Å². The minimum Gasteiger partial charge on any atom is -0.494 e. The Morgan fingerprint density at radius 1 is 1.17 bits per heavy atom. The van der Waals surface area contributed by atoms with E-state index in [-0.39, 0.29) is 12.3 Å². The Morgan fingerprint density at radius 2 is 1.93 bits per heavy atom. The highest BCUT2D eigenvalue weighted by molar-refractivity contribution is 7.98. The van der Waals surface area contributed by atoms with Gasteiger partial charge in [-0.05, 0) is 46.1 Å². The van der Waals surface area contributed by atoms with Gasteiger partial charge in [-0.25, -0.2) is 9.50 Å². The second kappa shape index (κ2) is 9.13. The predicted molar refractivity (Wildman–Crippen MR) is 113 cm³/mol. The van der Waals surface area contributed by atoms with Gasteiger partial charge in [0.1, 0.15) is 11.5 Å². The maximum atomic E-state index is 12.8. The first-order chi connectivity index (χ1) is 14.0. The Bertz CT molecular complexity index is 1030. The number of fused-ring (bicyclic) bond motifs is 1. The Hall–Kier alpha value is -2.81. The van der Waals surface area contributed by atoms with Crippen molar-refractivity contribution in [1.29, 1.82) is 0 Å². The van der Waals surface area contributed by atoms with E-state index >= 15 is 0 Å². The van der Waals surface area contributed by atoms with Gasteiger partial charge in [0.2, 0.25) is 11.1 Å². The number of thioether (sulfide) groups is 1. The first-order valence-electron chi connectivity index (χ1n) is 9.43. The van der Waals surface area contributed by atoms with Gasteiger partial charge in [0.15, 0.2) is 0 Å². The maximum absolute atomic E-state index is 12.8. The fourth-order valence-electron chi connectivity index (χ4n) is 3.03. The monoisotopic (exact) mass is 415 g/mol. The van der Waals surface area contributed by atoms with Gasteiger partial charge in [-0.15, -0.1) is 5.10 Å². The summed E-state index contributed by atoms with van der Waals surface area (Å²) >= 11 is 1.45. The fraction of sp³-hybridized carbons (Fsp3) is 0.400. The summed E-state index contributed by atoms with van der Waals surface area (Å²) in [5, 5.41) is 8.02. The molecule has 0 aliphatic rings. The van der Waals surface area contributed by atoms with Gasteiger partial charge in [-0.1, -0.05) is 11.8 Å². The molecule has 0 aliphatic heterocycles. The van der Waals surface area contributed by atoms with Crippen LogP contribution in [-0.4, -0.2) is 45.0 Å². The number of nitrogens with zero attached hydrogens (tertiary/aromatic N) is 4. The summed E-state index contributed by atoms with van der Waals surface area (Å²) in [6.45, 7) is 8.66. The first-order valence-corrected chi connectivity index (χ1v) is 10.7. The van der Waals surface area contributed by atoms with Crippen molar-refractivity contribution in [2.45, 2.75) is 39.3 Å². The average Bonchev–Trinajstić information content (AvgIpc) is 3.11. The molecule has 1 aromatic carbocycles. The van der Waals surface area contributed by atoms with Crippen molar-refractivity contribution >= 4 is 29.1 Å². The topological polar surface area (TPSA) is 90.6 Å². The highest BCUT2D eigenvalue weighted by Gasteiger charge is 2.17. The van der Waals surface area contributed by atoms with Gasteiger partial charge in [0.05, 0.1) is 25.3 Å². The van der Waals surface area contributed by atoms with E-state index in [9.17, 15) is 4.79 Å². The number of anilines is 1. The first kappa shape index (κ1) is 20.9. The normalized spacial score (nSPS) is 10.9. The van der Waals surface area contributed by atoms with Gasteiger partial charge in [-0.3, -0.25) is 4.79 Å². The summed E-state index contributed by atoms with van der Waals surface area (Å²) in [5.74, 6) is 1.65. The molecule has 1 N–H and O–H groups in total. The number of carbonyl (C=O) groups excluding carboxylic acids is 1. The minimum atomic E-state index is -0.169. The number of hydrogen-bond acceptors (Lipinski definition) is 7. The summed E-state index contributed by atoms with van der Waals surface area (Å²) in [7, 11) is 0. The highest BCUT2D eigenvalue weighted by Crippen LogP contribution is 2.30. The lowest BCUT2D eigenvalue weighted by Crippen LogP contribution is -2.18. The molecule has 0 spiro atoms. The van der Waals surface area contributed by atoms with Crippen LogP contribution < -0.4 is 14.8 Å². The van der Waals surface area contributed by atoms with E-state index in [0.29, 0.717) is 41.3 Å². The fourth-order valence-corrected chi connectivity index (χ4v) is 3.37. The molecule has 0 atom stereocenters. The van der Waals surface area contributed by atoms with E-state index in [0.717, 1.165) is 17.0 Å². The molecule has 8 nitrogen and oxygen atoms in total. The molecule has 2 heterocycles. The van der Waals surface area contributed by atoms with Crippen LogP contribution in [0.2, 0.25) is 0 Å². The van der Waals surface area contributed by atoms with Crippen LogP contribution in [0.25, 0.3) is 5.78 Å². The van der Waals surface area contributed by atoms with Crippen molar-refractivity contribution in [2.24, 2.45) is 0 Å². The maximum Gasteiger partial charge on any atom is 0.253 e. The smallest absolute Gasteiger partial charge is 0.253 e. The van der Waals surface area contributed by atoms with Crippen LogP contribution >= 0.6 is 11.8 Å². The van der Waals surface area contributed by atoms with Crippen LogP contribution in [-0.2, 0) is 11.2 Å². The summed E-state index contributed by atoms with van der Waals surface area (Å²) < 4.78 is 12.9. The Morgan fingerprint density at radius 3 is 2.62 bits per heavy atom. The van der Waals surface area contributed by atoms with Crippen LogP contribution in [0, 0.1) is 13.8 Å². The number of aryl methyl sites for hydroxylation is 2. The standard InChI is InChI=1S/C20H25N5O3S/c1-6-27-14-8-9-17(28-7-2)16(10-14)22-18(26)11-15-12(3)21-19-23-20(29-5)24-25(19)13(15)4/h8-10H,6-7,11H2,1-5H3,(H,22,26). The molecule has 0 bridgehead atoms. The number of aromatic nitrogens is 4. The molecule has 3 rings (SSSR count). The lowest BCUT2D eigenvalue weighted by Gasteiger charge is -2.14. The minimum absolute atomic E-state index is 0.166. The van der Waals surface area contributed by atoms with E-state index in [2.05, 4.69) is 20.4 Å². The third kappa shape index (κ3) is 4.61. The molecular weight excluding hydrogens is 390 g/mol. The second-order valence-electron chi connectivity index (χ2n) is 6.32. The van der Waals surface area contributed by atoms with E-state index in [1.165, 1.54) is 11.8 Å². The number of amides is 1.